The average Bonchev–Trinajstić information content (AvgIpc) is 3.05. The van der Waals surface area contributed by atoms with E-state index in [1.165, 1.54) is 17.4 Å². The molecule has 0 aliphatic carbocycles. The summed E-state index contributed by atoms with van der Waals surface area (Å²) in [6, 6.07) is 11.1. The third-order valence-electron chi connectivity index (χ3n) is 3.35. The number of fused-ring (bicyclic) bond motifs is 1. The predicted molar refractivity (Wildman–Crippen MR) is 89.0 cm³/mol. The van der Waals surface area contributed by atoms with E-state index in [1.54, 1.807) is 4.52 Å². The number of aryl methyl sites for hydroxylation is 2. The van der Waals surface area contributed by atoms with E-state index in [0.29, 0.717) is 4.96 Å². The highest BCUT2D eigenvalue weighted by Crippen LogP contribution is 2.21. The lowest BCUT2D eigenvalue weighted by atomic mass is 10.1. The molecule has 0 unspecified atom stereocenters. The maximum absolute atomic E-state index is 12.2. The van der Waals surface area contributed by atoms with Gasteiger partial charge in [0.25, 0.3) is 11.9 Å². The molecule has 0 atom stereocenters. The molecule has 0 radical (unpaired) electrons. The molecule has 1 amide bonds. The second-order valence-electron chi connectivity index (χ2n) is 4.91. The highest BCUT2D eigenvalue weighted by Gasteiger charge is 2.15. The van der Waals surface area contributed by atoms with Crippen molar-refractivity contribution in [2.75, 3.05) is 5.32 Å². The highest BCUT2D eigenvalue weighted by atomic mass is 32.1. The molecule has 6 nitrogen and oxygen atoms in total. The molecule has 7 heteroatoms. The van der Waals surface area contributed by atoms with Gasteiger partial charge >= 0.3 is 0 Å². The van der Waals surface area contributed by atoms with Crippen molar-refractivity contribution in [2.45, 2.75) is 13.8 Å². The van der Waals surface area contributed by atoms with Crippen molar-refractivity contribution in [3.8, 4) is 6.07 Å². The van der Waals surface area contributed by atoms with Crippen LogP contribution in [0.5, 0.6) is 0 Å². The van der Waals surface area contributed by atoms with E-state index in [9.17, 15) is 10.1 Å². The van der Waals surface area contributed by atoms with Crippen LogP contribution in [0.4, 0.5) is 5.95 Å². The van der Waals surface area contributed by atoms with Gasteiger partial charge in [-0.15, -0.1) is 5.10 Å². The fourth-order valence-electron chi connectivity index (χ4n) is 2.03. The van der Waals surface area contributed by atoms with Crippen LogP contribution in [0.3, 0.4) is 0 Å². The number of thiazole rings is 1. The van der Waals surface area contributed by atoms with Crippen LogP contribution in [-0.4, -0.2) is 20.5 Å². The van der Waals surface area contributed by atoms with Crippen LogP contribution >= 0.6 is 11.3 Å². The normalized spacial score (nSPS) is 11.4. The van der Waals surface area contributed by atoms with E-state index in [1.807, 2.05) is 50.2 Å². The van der Waals surface area contributed by atoms with Gasteiger partial charge in [0.1, 0.15) is 11.6 Å². The number of nitrogens with zero attached hydrogens (tertiary/aromatic N) is 4. The molecule has 2 aromatic heterocycles. The monoisotopic (exact) mass is 323 g/mol. The second kappa shape index (κ2) is 6.02. The number of rotatable bonds is 3. The van der Waals surface area contributed by atoms with Crippen LogP contribution in [0.2, 0.25) is 0 Å². The zero-order valence-electron chi connectivity index (χ0n) is 12.6. The maximum Gasteiger partial charge on any atom is 0.268 e. The Bertz CT molecular complexity index is 946. The number of hydrogen-bond donors (Lipinski definition) is 1. The molecule has 0 saturated carbocycles. The van der Waals surface area contributed by atoms with Crippen molar-refractivity contribution in [1.29, 1.82) is 5.26 Å². The topological polar surface area (TPSA) is 83.1 Å². The van der Waals surface area contributed by atoms with Gasteiger partial charge in [0.05, 0.1) is 5.69 Å². The number of amides is 1. The average molecular weight is 323 g/mol. The zero-order valence-corrected chi connectivity index (χ0v) is 13.4. The molecule has 0 aliphatic rings. The number of aromatic nitrogens is 3. The molecule has 3 aromatic rings. The molecule has 23 heavy (non-hydrogen) atoms. The Balaban J connectivity index is 1.84. The molecule has 0 bridgehead atoms. The van der Waals surface area contributed by atoms with Gasteiger partial charge in [0.15, 0.2) is 0 Å². The van der Waals surface area contributed by atoms with Gasteiger partial charge < -0.3 is 0 Å². The van der Waals surface area contributed by atoms with Crippen LogP contribution in [0.25, 0.3) is 11.0 Å². The maximum atomic E-state index is 12.2. The van der Waals surface area contributed by atoms with Crippen LogP contribution < -0.4 is 5.32 Å². The first-order valence-corrected chi connectivity index (χ1v) is 7.71. The highest BCUT2D eigenvalue weighted by molar-refractivity contribution is 7.17. The number of nitriles is 1. The molecule has 0 aliphatic heterocycles. The van der Waals surface area contributed by atoms with E-state index in [-0.39, 0.29) is 11.5 Å². The Morgan fingerprint density at radius 3 is 2.74 bits per heavy atom. The summed E-state index contributed by atoms with van der Waals surface area (Å²) >= 11 is 1.50. The molecule has 0 saturated heterocycles. The van der Waals surface area contributed by atoms with Gasteiger partial charge in [-0.05, 0) is 25.5 Å². The minimum atomic E-state index is -0.524. The summed E-state index contributed by atoms with van der Waals surface area (Å²) in [5.74, 6) is -0.331. The molecular formula is C16H13N5OS. The van der Waals surface area contributed by atoms with Gasteiger partial charge in [-0.3, -0.25) is 10.1 Å². The Morgan fingerprint density at radius 1 is 1.35 bits per heavy atom. The van der Waals surface area contributed by atoms with Crippen molar-refractivity contribution in [2.24, 2.45) is 0 Å². The lowest BCUT2D eigenvalue weighted by Crippen LogP contribution is -2.14. The van der Waals surface area contributed by atoms with Crippen molar-refractivity contribution in [1.82, 2.24) is 14.6 Å². The van der Waals surface area contributed by atoms with E-state index in [0.717, 1.165) is 16.1 Å². The summed E-state index contributed by atoms with van der Waals surface area (Å²) in [5, 5.41) is 16.0. The van der Waals surface area contributed by atoms with Crippen LogP contribution in [0.1, 0.15) is 16.1 Å². The summed E-state index contributed by atoms with van der Waals surface area (Å²) in [7, 11) is 0. The first-order chi connectivity index (χ1) is 11.1. The Morgan fingerprint density at radius 2 is 2.09 bits per heavy atom. The van der Waals surface area contributed by atoms with E-state index >= 15 is 0 Å². The number of hydrogen-bond acceptors (Lipinski definition) is 5. The Labute approximate surface area is 136 Å². The second-order valence-corrected chi connectivity index (χ2v) is 6.09. The standard InChI is InChI=1S/C16H13N5OS/c1-10-11(2)23-16-19-15(20-21(10)16)18-14(22)13(9-17)8-12-6-4-3-5-7-12/h3-8H,1-2H3,(H,18,20,22)/b13-8+. The third-order valence-corrected chi connectivity index (χ3v) is 4.40. The van der Waals surface area contributed by atoms with Crippen LogP contribution in [-0.2, 0) is 4.79 Å². The number of benzene rings is 1. The van der Waals surface area contributed by atoms with Gasteiger partial charge in [-0.2, -0.15) is 10.2 Å². The van der Waals surface area contributed by atoms with Crippen molar-refractivity contribution in [3.63, 3.8) is 0 Å². The van der Waals surface area contributed by atoms with Gasteiger partial charge in [-0.25, -0.2) is 4.52 Å². The van der Waals surface area contributed by atoms with Crippen molar-refractivity contribution >= 4 is 34.2 Å². The number of anilines is 1. The summed E-state index contributed by atoms with van der Waals surface area (Å²) in [5.41, 5.74) is 1.77. The molecule has 0 fully saturated rings. The molecule has 114 valence electrons. The summed E-state index contributed by atoms with van der Waals surface area (Å²) < 4.78 is 1.68. The fraction of sp³-hybridized carbons (Fsp3) is 0.125. The molecule has 2 heterocycles. The summed E-state index contributed by atoms with van der Waals surface area (Å²) in [6.07, 6.45) is 1.53. The lowest BCUT2D eigenvalue weighted by Gasteiger charge is -1.99. The molecule has 1 N–H and O–H groups in total. The minimum Gasteiger partial charge on any atom is -0.288 e. The smallest absolute Gasteiger partial charge is 0.268 e. The van der Waals surface area contributed by atoms with E-state index < -0.39 is 5.91 Å². The van der Waals surface area contributed by atoms with Gasteiger partial charge in [0, 0.05) is 4.88 Å². The zero-order chi connectivity index (χ0) is 16.4. The Hall–Kier alpha value is -2.98. The first kappa shape index (κ1) is 14.9. The number of carbonyl (C=O) groups excluding carboxylic acids is 1. The van der Waals surface area contributed by atoms with Gasteiger partial charge in [-0.1, -0.05) is 41.7 Å². The SMILES string of the molecule is Cc1sc2nc(NC(=O)/C(C#N)=C/c3ccccc3)nn2c1C. The summed E-state index contributed by atoms with van der Waals surface area (Å²) in [4.78, 5) is 18.3. The lowest BCUT2D eigenvalue weighted by molar-refractivity contribution is -0.112. The van der Waals surface area contributed by atoms with Crippen molar-refractivity contribution in [3.05, 3.63) is 52.0 Å². The largest absolute Gasteiger partial charge is 0.288 e. The first-order valence-electron chi connectivity index (χ1n) is 6.89. The quantitative estimate of drug-likeness (QED) is 0.593. The Kier molecular flexibility index (Phi) is 3.91. The van der Waals surface area contributed by atoms with Crippen LogP contribution in [0.15, 0.2) is 35.9 Å². The number of carbonyl (C=O) groups is 1. The summed E-state index contributed by atoms with van der Waals surface area (Å²) in [6.45, 7) is 3.93. The van der Waals surface area contributed by atoms with Gasteiger partial charge in [0.2, 0.25) is 4.96 Å². The minimum absolute atomic E-state index is 0.00209. The fourth-order valence-corrected chi connectivity index (χ4v) is 2.93. The van der Waals surface area contributed by atoms with Crippen molar-refractivity contribution < 1.29 is 4.79 Å². The number of nitrogens with one attached hydrogen (secondary N) is 1. The molecule has 3 rings (SSSR count). The van der Waals surface area contributed by atoms with Crippen LogP contribution in [0, 0.1) is 25.2 Å². The van der Waals surface area contributed by atoms with E-state index in [2.05, 4.69) is 15.4 Å². The third kappa shape index (κ3) is 2.98. The predicted octanol–water partition coefficient (Wildman–Crippen LogP) is 2.95. The molecule has 0 spiro atoms. The molecular weight excluding hydrogens is 310 g/mol. The van der Waals surface area contributed by atoms with E-state index in [4.69, 9.17) is 0 Å². The molecule has 1 aromatic carbocycles.